The minimum atomic E-state index is -0.640. The fourth-order valence-corrected chi connectivity index (χ4v) is 6.06. The van der Waals surface area contributed by atoms with Crippen LogP contribution >= 0.6 is 0 Å². The summed E-state index contributed by atoms with van der Waals surface area (Å²) in [6.45, 7) is 23.0. The summed E-state index contributed by atoms with van der Waals surface area (Å²) in [4.78, 5) is 24.7. The van der Waals surface area contributed by atoms with Crippen molar-refractivity contribution in [2.75, 3.05) is 0 Å². The van der Waals surface area contributed by atoms with Gasteiger partial charge in [-0.25, -0.2) is 0 Å². The van der Waals surface area contributed by atoms with E-state index >= 15 is 0 Å². The van der Waals surface area contributed by atoms with Crippen molar-refractivity contribution in [2.45, 2.75) is 164 Å². The zero-order valence-electron chi connectivity index (χ0n) is 28.3. The summed E-state index contributed by atoms with van der Waals surface area (Å²) >= 11 is 0. The van der Waals surface area contributed by atoms with Crippen LogP contribution in [0, 0.1) is 38.5 Å². The highest BCUT2D eigenvalue weighted by atomic mass is 16.6. The zero-order valence-corrected chi connectivity index (χ0v) is 28.3. The molecule has 0 spiro atoms. The first kappa shape index (κ1) is 35.2. The van der Waals surface area contributed by atoms with Crippen molar-refractivity contribution in [1.29, 1.82) is 0 Å². The van der Waals surface area contributed by atoms with Crippen molar-refractivity contribution >= 4 is 11.9 Å². The summed E-state index contributed by atoms with van der Waals surface area (Å²) in [5.41, 5.74) is 3.11. The van der Waals surface area contributed by atoms with E-state index < -0.39 is 24.0 Å². The third-order valence-electron chi connectivity index (χ3n) is 8.76. The van der Waals surface area contributed by atoms with Crippen LogP contribution in [0.5, 0.6) is 11.5 Å². The molecule has 0 N–H and O–H groups in total. The van der Waals surface area contributed by atoms with E-state index in [-0.39, 0.29) is 5.60 Å². The Kier molecular flexibility index (Phi) is 13.2. The lowest BCUT2D eigenvalue weighted by atomic mass is 9.83. The summed E-state index contributed by atoms with van der Waals surface area (Å²) < 4.78 is 17.7. The Morgan fingerprint density at radius 2 is 1.39 bits per heavy atom. The molecule has 2 rings (SSSR count). The Hall–Kier alpha value is -2.04. The molecule has 3 atom stereocenters. The highest BCUT2D eigenvalue weighted by Gasteiger charge is 2.35. The smallest absolute Gasteiger partial charge is 0.322 e. The predicted octanol–water partition coefficient (Wildman–Crippen LogP) is 9.77. The number of ether oxygens (including phenoxy) is 3. The summed E-state index contributed by atoms with van der Waals surface area (Å²) in [7, 11) is 0. The summed E-state index contributed by atoms with van der Waals surface area (Å²) in [5.74, 6) is 2.74. The van der Waals surface area contributed by atoms with Gasteiger partial charge in [0.15, 0.2) is 0 Å². The van der Waals surface area contributed by atoms with Gasteiger partial charge in [0, 0.05) is 5.56 Å². The van der Waals surface area contributed by atoms with Crippen molar-refractivity contribution < 1.29 is 23.8 Å². The average molecular weight is 573 g/mol. The van der Waals surface area contributed by atoms with Crippen LogP contribution in [0.1, 0.15) is 148 Å². The van der Waals surface area contributed by atoms with Gasteiger partial charge in [-0.3, -0.25) is 9.59 Å². The third kappa shape index (κ3) is 11.6. The van der Waals surface area contributed by atoms with Gasteiger partial charge in [0.1, 0.15) is 29.1 Å². The molecule has 1 heterocycles. The molecule has 0 amide bonds. The Morgan fingerprint density at radius 1 is 0.829 bits per heavy atom. The maximum Gasteiger partial charge on any atom is 0.322 e. The van der Waals surface area contributed by atoms with Crippen molar-refractivity contribution in [3.05, 3.63) is 22.3 Å². The maximum absolute atomic E-state index is 12.6. The van der Waals surface area contributed by atoms with Crippen LogP contribution in [-0.4, -0.2) is 23.1 Å². The summed E-state index contributed by atoms with van der Waals surface area (Å²) in [6.07, 6.45) is 13.0. The van der Waals surface area contributed by atoms with Crippen LogP contribution in [0.4, 0.5) is 0 Å². The number of rotatable bonds is 15. The molecule has 5 heteroatoms. The quantitative estimate of drug-likeness (QED) is 0.119. The van der Waals surface area contributed by atoms with Crippen LogP contribution in [0.25, 0.3) is 0 Å². The minimum Gasteiger partial charge on any atom is -0.487 e. The first-order chi connectivity index (χ1) is 19.0. The van der Waals surface area contributed by atoms with Crippen molar-refractivity contribution in [2.24, 2.45) is 17.8 Å². The topological polar surface area (TPSA) is 61.8 Å². The number of hydrogen-bond acceptors (Lipinski definition) is 5. The maximum atomic E-state index is 12.6. The molecule has 1 aromatic carbocycles. The lowest BCUT2D eigenvalue weighted by Gasteiger charge is -2.38. The molecule has 1 aliphatic heterocycles. The molecule has 41 heavy (non-hydrogen) atoms. The first-order valence-corrected chi connectivity index (χ1v) is 16.3. The molecule has 3 unspecified atom stereocenters. The molecule has 0 radical (unpaired) electrons. The second kappa shape index (κ2) is 15.4. The molecule has 0 aliphatic carbocycles. The minimum absolute atomic E-state index is 0.184. The summed E-state index contributed by atoms with van der Waals surface area (Å²) in [6, 6.07) is 0. The second-order valence-corrected chi connectivity index (χ2v) is 14.7. The Labute approximate surface area is 251 Å². The fourth-order valence-electron chi connectivity index (χ4n) is 6.06. The van der Waals surface area contributed by atoms with Crippen molar-refractivity contribution in [3.63, 3.8) is 0 Å². The molecule has 1 aromatic rings. The number of carbonyl (C=O) groups excluding carboxylic acids is 2. The monoisotopic (exact) mass is 572 g/mol. The fraction of sp³-hybridized carbons (Fsp3) is 0.778. The number of hydrogen-bond donors (Lipinski definition) is 0. The van der Waals surface area contributed by atoms with E-state index in [1.165, 1.54) is 51.4 Å². The van der Waals surface area contributed by atoms with E-state index in [0.717, 1.165) is 65.0 Å². The van der Waals surface area contributed by atoms with Gasteiger partial charge in [-0.05, 0) is 109 Å². The molecule has 0 saturated carbocycles. The molecule has 0 saturated heterocycles. The lowest BCUT2D eigenvalue weighted by Crippen LogP contribution is -2.37. The van der Waals surface area contributed by atoms with Crippen LogP contribution in [0.2, 0.25) is 0 Å². The second-order valence-electron chi connectivity index (χ2n) is 14.7. The highest BCUT2D eigenvalue weighted by Crippen LogP contribution is 2.45. The zero-order chi connectivity index (χ0) is 31.0. The van der Waals surface area contributed by atoms with E-state index in [9.17, 15) is 9.59 Å². The van der Waals surface area contributed by atoms with Gasteiger partial charge < -0.3 is 14.2 Å². The SMILES string of the molecule is Cc1c(C)c2c(c(C)c1OC(=O)CC(=O)OC(C)(C)C)CCC(C)(CCCC(C)CCCC(C)CCCC(C)C)O2. The molecule has 234 valence electrons. The predicted molar refractivity (Wildman–Crippen MR) is 169 cm³/mol. The van der Waals surface area contributed by atoms with Gasteiger partial charge >= 0.3 is 11.9 Å². The number of benzene rings is 1. The third-order valence-corrected chi connectivity index (χ3v) is 8.76. The Bertz CT molecular complexity index is 1020. The van der Waals surface area contributed by atoms with E-state index in [4.69, 9.17) is 14.2 Å². The Morgan fingerprint density at radius 3 is 1.95 bits per heavy atom. The normalized spacial score (nSPS) is 18.4. The van der Waals surface area contributed by atoms with Crippen LogP contribution in [0.3, 0.4) is 0 Å². The molecular weight excluding hydrogens is 512 g/mol. The molecule has 0 aromatic heterocycles. The van der Waals surface area contributed by atoms with Gasteiger partial charge in [-0.1, -0.05) is 72.6 Å². The molecule has 5 nitrogen and oxygen atoms in total. The van der Waals surface area contributed by atoms with Gasteiger partial charge in [-0.15, -0.1) is 0 Å². The van der Waals surface area contributed by atoms with Gasteiger partial charge in [0.2, 0.25) is 0 Å². The number of carbonyl (C=O) groups is 2. The molecular formula is C36H60O5. The molecule has 0 fully saturated rings. The molecule has 1 aliphatic rings. The van der Waals surface area contributed by atoms with Crippen LogP contribution in [-0.2, 0) is 20.7 Å². The van der Waals surface area contributed by atoms with E-state index in [2.05, 4.69) is 34.6 Å². The van der Waals surface area contributed by atoms with Crippen molar-refractivity contribution in [1.82, 2.24) is 0 Å². The van der Waals surface area contributed by atoms with Gasteiger partial charge in [-0.2, -0.15) is 0 Å². The first-order valence-electron chi connectivity index (χ1n) is 16.3. The number of fused-ring (bicyclic) bond motifs is 1. The van der Waals surface area contributed by atoms with Gasteiger partial charge in [0.05, 0.1) is 0 Å². The Balaban J connectivity index is 1.90. The van der Waals surface area contributed by atoms with E-state index in [0.29, 0.717) is 5.75 Å². The highest BCUT2D eigenvalue weighted by molar-refractivity contribution is 5.92. The van der Waals surface area contributed by atoms with E-state index in [1.54, 1.807) is 20.8 Å². The lowest BCUT2D eigenvalue weighted by molar-refractivity contribution is -0.158. The van der Waals surface area contributed by atoms with Crippen molar-refractivity contribution in [3.8, 4) is 11.5 Å². The standard InChI is InChI=1S/C36H60O5/c1-24(2)15-12-16-25(3)17-13-18-26(4)19-14-21-36(11)22-20-30-29(7)33(27(5)28(6)34(30)41-36)39-31(37)23-32(38)40-35(8,9)10/h24-26H,12-23H2,1-11H3. The van der Waals surface area contributed by atoms with Crippen LogP contribution in [0.15, 0.2) is 0 Å². The number of esters is 2. The van der Waals surface area contributed by atoms with Gasteiger partial charge in [0.25, 0.3) is 0 Å². The average Bonchev–Trinajstić information content (AvgIpc) is 2.83. The summed E-state index contributed by atoms with van der Waals surface area (Å²) in [5, 5.41) is 0. The largest absolute Gasteiger partial charge is 0.487 e. The molecule has 0 bridgehead atoms. The van der Waals surface area contributed by atoms with E-state index in [1.807, 2.05) is 20.8 Å². The van der Waals surface area contributed by atoms with Crippen LogP contribution < -0.4 is 9.47 Å².